The summed E-state index contributed by atoms with van der Waals surface area (Å²) < 4.78 is 4.74. The van der Waals surface area contributed by atoms with Crippen LogP contribution in [0.25, 0.3) is 0 Å². The Hall–Kier alpha value is -1.20. The molecule has 0 aliphatic heterocycles. The predicted molar refractivity (Wildman–Crippen MR) is 53.9 cm³/mol. The molecular weight excluding hydrogens is 198 g/mol. The number of hydrogen-bond acceptors (Lipinski definition) is 5. The minimum Gasteiger partial charge on any atom is -0.364 e. The SMILES string of the molecule is CC(NCc1ccon1)c1cncs1. The lowest BCUT2D eigenvalue weighted by Crippen LogP contribution is -2.17. The van der Waals surface area contributed by atoms with Crippen LogP contribution in [0.4, 0.5) is 0 Å². The van der Waals surface area contributed by atoms with Gasteiger partial charge in [-0.15, -0.1) is 11.3 Å². The van der Waals surface area contributed by atoms with E-state index in [9.17, 15) is 0 Å². The first-order chi connectivity index (χ1) is 6.86. The van der Waals surface area contributed by atoms with Crippen molar-refractivity contribution in [3.63, 3.8) is 0 Å². The van der Waals surface area contributed by atoms with E-state index < -0.39 is 0 Å². The Morgan fingerprint density at radius 3 is 3.21 bits per heavy atom. The van der Waals surface area contributed by atoms with Gasteiger partial charge in [-0.25, -0.2) is 0 Å². The second-order valence-electron chi connectivity index (χ2n) is 3.00. The van der Waals surface area contributed by atoms with Crippen LogP contribution < -0.4 is 5.32 Å². The van der Waals surface area contributed by atoms with Crippen molar-refractivity contribution in [2.75, 3.05) is 0 Å². The van der Waals surface area contributed by atoms with Gasteiger partial charge in [-0.1, -0.05) is 5.16 Å². The molecule has 4 nitrogen and oxygen atoms in total. The molecule has 1 atom stereocenters. The van der Waals surface area contributed by atoms with E-state index in [0.717, 1.165) is 12.2 Å². The smallest absolute Gasteiger partial charge is 0.124 e. The molecule has 2 heterocycles. The first-order valence-corrected chi connectivity index (χ1v) is 5.25. The molecule has 14 heavy (non-hydrogen) atoms. The van der Waals surface area contributed by atoms with Gasteiger partial charge in [-0.3, -0.25) is 4.98 Å². The van der Waals surface area contributed by atoms with E-state index in [1.54, 1.807) is 17.6 Å². The Labute approximate surface area is 86.0 Å². The molecule has 2 aromatic heterocycles. The molecule has 0 aromatic carbocycles. The third kappa shape index (κ3) is 2.18. The van der Waals surface area contributed by atoms with E-state index in [-0.39, 0.29) is 0 Å². The maximum atomic E-state index is 4.74. The highest BCUT2D eigenvalue weighted by Gasteiger charge is 2.06. The highest BCUT2D eigenvalue weighted by atomic mass is 32.1. The molecule has 2 aromatic rings. The fourth-order valence-corrected chi connectivity index (χ4v) is 1.78. The molecule has 0 amide bonds. The van der Waals surface area contributed by atoms with Crippen LogP contribution in [0.2, 0.25) is 0 Å². The number of rotatable bonds is 4. The van der Waals surface area contributed by atoms with Crippen molar-refractivity contribution in [1.29, 1.82) is 0 Å². The molecule has 2 rings (SSSR count). The Kier molecular flexibility index (Phi) is 2.90. The average molecular weight is 209 g/mol. The summed E-state index contributed by atoms with van der Waals surface area (Å²) in [5.41, 5.74) is 2.75. The summed E-state index contributed by atoms with van der Waals surface area (Å²) in [4.78, 5) is 5.26. The topological polar surface area (TPSA) is 51.0 Å². The Morgan fingerprint density at radius 2 is 2.57 bits per heavy atom. The lowest BCUT2D eigenvalue weighted by molar-refractivity contribution is 0.406. The third-order valence-corrected chi connectivity index (χ3v) is 2.92. The highest BCUT2D eigenvalue weighted by molar-refractivity contribution is 7.09. The summed E-state index contributed by atoms with van der Waals surface area (Å²) in [5.74, 6) is 0. The van der Waals surface area contributed by atoms with Crippen molar-refractivity contribution in [3.8, 4) is 0 Å². The molecule has 0 saturated carbocycles. The fraction of sp³-hybridized carbons (Fsp3) is 0.333. The summed E-state index contributed by atoms with van der Waals surface area (Å²) in [6.07, 6.45) is 3.46. The van der Waals surface area contributed by atoms with Crippen LogP contribution in [0.1, 0.15) is 23.5 Å². The fourth-order valence-electron chi connectivity index (χ4n) is 1.13. The number of thiazole rings is 1. The first kappa shape index (κ1) is 9.36. The minimum absolute atomic E-state index is 0.305. The second-order valence-corrected chi connectivity index (χ2v) is 3.92. The van der Waals surface area contributed by atoms with Gasteiger partial charge in [0, 0.05) is 29.7 Å². The lowest BCUT2D eigenvalue weighted by atomic mass is 10.3. The van der Waals surface area contributed by atoms with E-state index in [1.165, 1.54) is 4.88 Å². The van der Waals surface area contributed by atoms with Gasteiger partial charge in [0.1, 0.15) is 6.26 Å². The molecule has 0 radical (unpaired) electrons. The number of hydrogen-bond donors (Lipinski definition) is 1. The molecular formula is C9H11N3OS. The van der Waals surface area contributed by atoms with E-state index in [2.05, 4.69) is 22.4 Å². The molecule has 0 aliphatic rings. The summed E-state index contributed by atoms with van der Waals surface area (Å²) in [7, 11) is 0. The van der Waals surface area contributed by atoms with Crippen LogP contribution in [-0.2, 0) is 6.54 Å². The Morgan fingerprint density at radius 1 is 1.64 bits per heavy atom. The molecule has 0 spiro atoms. The van der Waals surface area contributed by atoms with Crippen molar-refractivity contribution >= 4 is 11.3 Å². The van der Waals surface area contributed by atoms with Gasteiger partial charge < -0.3 is 9.84 Å². The van der Waals surface area contributed by atoms with Crippen LogP contribution in [0.15, 0.2) is 28.6 Å². The van der Waals surface area contributed by atoms with E-state index in [1.807, 2.05) is 17.8 Å². The summed E-state index contributed by atoms with van der Waals surface area (Å²) in [6, 6.07) is 2.16. The third-order valence-electron chi connectivity index (χ3n) is 1.96. The molecule has 74 valence electrons. The van der Waals surface area contributed by atoms with Crippen molar-refractivity contribution in [2.24, 2.45) is 0 Å². The van der Waals surface area contributed by atoms with Crippen molar-refractivity contribution in [1.82, 2.24) is 15.5 Å². The number of nitrogens with zero attached hydrogens (tertiary/aromatic N) is 2. The Bertz CT molecular complexity index is 357. The minimum atomic E-state index is 0.305. The van der Waals surface area contributed by atoms with Gasteiger partial charge in [0.25, 0.3) is 0 Å². The first-order valence-electron chi connectivity index (χ1n) is 4.37. The zero-order chi connectivity index (χ0) is 9.80. The largest absolute Gasteiger partial charge is 0.364 e. The molecule has 1 unspecified atom stereocenters. The zero-order valence-corrected chi connectivity index (χ0v) is 8.62. The molecule has 0 aliphatic carbocycles. The molecule has 0 bridgehead atoms. The summed E-state index contributed by atoms with van der Waals surface area (Å²) >= 11 is 1.65. The van der Waals surface area contributed by atoms with Crippen LogP contribution in [0.5, 0.6) is 0 Å². The average Bonchev–Trinajstić information content (AvgIpc) is 2.87. The maximum absolute atomic E-state index is 4.74. The van der Waals surface area contributed by atoms with Gasteiger partial charge >= 0.3 is 0 Å². The van der Waals surface area contributed by atoms with Gasteiger partial charge in [-0.2, -0.15) is 0 Å². The maximum Gasteiger partial charge on any atom is 0.124 e. The van der Waals surface area contributed by atoms with Crippen LogP contribution >= 0.6 is 11.3 Å². The standard InChI is InChI=1S/C9H11N3OS/c1-7(9-5-10-6-14-9)11-4-8-2-3-13-12-8/h2-3,5-7,11H,4H2,1H3. The quantitative estimate of drug-likeness (QED) is 0.836. The van der Waals surface area contributed by atoms with Crippen molar-refractivity contribution in [3.05, 3.63) is 34.6 Å². The van der Waals surface area contributed by atoms with Crippen LogP contribution in [-0.4, -0.2) is 10.1 Å². The van der Waals surface area contributed by atoms with Crippen LogP contribution in [0.3, 0.4) is 0 Å². The van der Waals surface area contributed by atoms with E-state index in [0.29, 0.717) is 6.04 Å². The number of aromatic nitrogens is 2. The van der Waals surface area contributed by atoms with Gasteiger partial charge in [0.2, 0.25) is 0 Å². The predicted octanol–water partition coefficient (Wildman–Crippen LogP) is 1.98. The normalized spacial score (nSPS) is 12.9. The lowest BCUT2D eigenvalue weighted by Gasteiger charge is -2.09. The van der Waals surface area contributed by atoms with Crippen LogP contribution in [0, 0.1) is 0 Å². The summed E-state index contributed by atoms with van der Waals surface area (Å²) in [6.45, 7) is 2.82. The molecule has 0 fully saturated rings. The van der Waals surface area contributed by atoms with Crippen molar-refractivity contribution < 1.29 is 4.52 Å². The monoisotopic (exact) mass is 209 g/mol. The Balaban J connectivity index is 1.87. The zero-order valence-electron chi connectivity index (χ0n) is 7.80. The number of nitrogens with one attached hydrogen (secondary N) is 1. The highest BCUT2D eigenvalue weighted by Crippen LogP contribution is 2.16. The molecule has 5 heteroatoms. The van der Waals surface area contributed by atoms with Crippen molar-refractivity contribution in [2.45, 2.75) is 19.5 Å². The molecule has 1 N–H and O–H groups in total. The van der Waals surface area contributed by atoms with Gasteiger partial charge in [-0.05, 0) is 6.92 Å². The van der Waals surface area contributed by atoms with E-state index >= 15 is 0 Å². The van der Waals surface area contributed by atoms with E-state index in [4.69, 9.17) is 4.52 Å². The second kappa shape index (κ2) is 4.34. The van der Waals surface area contributed by atoms with Gasteiger partial charge in [0.15, 0.2) is 0 Å². The summed E-state index contributed by atoms with van der Waals surface area (Å²) in [5, 5.41) is 7.16. The molecule has 0 saturated heterocycles. The van der Waals surface area contributed by atoms with Gasteiger partial charge in [0.05, 0.1) is 11.2 Å².